The van der Waals surface area contributed by atoms with Gasteiger partial charge in [-0.3, -0.25) is 4.79 Å². The molecule has 19 heavy (non-hydrogen) atoms. The van der Waals surface area contributed by atoms with Crippen LogP contribution in [0.2, 0.25) is 0 Å². The normalized spacial score (nSPS) is 12.4. The minimum Gasteiger partial charge on any atom is -0.411 e. The quantitative estimate of drug-likeness (QED) is 0.801. The summed E-state index contributed by atoms with van der Waals surface area (Å²) >= 11 is 1.28. The van der Waals surface area contributed by atoms with Crippen molar-refractivity contribution in [1.29, 1.82) is 0 Å². The van der Waals surface area contributed by atoms with Crippen LogP contribution in [0.3, 0.4) is 0 Å². The van der Waals surface area contributed by atoms with E-state index in [4.69, 9.17) is 4.42 Å². The Kier molecular flexibility index (Phi) is 4.04. The maximum absolute atomic E-state index is 11.2. The van der Waals surface area contributed by atoms with Crippen LogP contribution in [0.25, 0.3) is 11.5 Å². The molecule has 1 unspecified atom stereocenters. The van der Waals surface area contributed by atoms with Crippen molar-refractivity contribution in [2.75, 3.05) is 0 Å². The lowest BCUT2D eigenvalue weighted by atomic mass is 10.1. The van der Waals surface area contributed by atoms with Crippen LogP contribution in [-0.4, -0.2) is 21.2 Å². The average molecular weight is 276 g/mol. The van der Waals surface area contributed by atoms with Gasteiger partial charge in [0.15, 0.2) is 0 Å². The molecule has 0 aliphatic rings. The van der Waals surface area contributed by atoms with Gasteiger partial charge in [-0.05, 0) is 51.0 Å². The smallest absolute Gasteiger partial charge is 0.277 e. The molecule has 1 heterocycles. The van der Waals surface area contributed by atoms with Gasteiger partial charge in [0.2, 0.25) is 5.89 Å². The first-order valence-corrected chi connectivity index (χ1v) is 6.93. The molecule has 1 aromatic heterocycles. The Hall–Kier alpha value is -1.62. The molecule has 1 aromatic carbocycles. The molecule has 0 aliphatic heterocycles. The Morgan fingerprint density at radius 1 is 1.26 bits per heavy atom. The van der Waals surface area contributed by atoms with Crippen LogP contribution in [0.5, 0.6) is 0 Å². The minimum atomic E-state index is -0.173. The number of carbonyl (C=O) groups excluding carboxylic acids is 1. The molecule has 0 saturated carbocycles. The number of aryl methyl sites for hydroxylation is 2. The molecule has 0 radical (unpaired) electrons. The second-order valence-electron chi connectivity index (χ2n) is 4.54. The van der Waals surface area contributed by atoms with Crippen LogP contribution in [0.15, 0.2) is 27.8 Å². The minimum absolute atomic E-state index is 0.0935. The summed E-state index contributed by atoms with van der Waals surface area (Å²) in [6.07, 6.45) is 0. The second kappa shape index (κ2) is 5.57. The van der Waals surface area contributed by atoms with Crippen molar-refractivity contribution >= 4 is 17.5 Å². The van der Waals surface area contributed by atoms with Gasteiger partial charge in [-0.15, -0.1) is 10.2 Å². The first-order chi connectivity index (χ1) is 8.97. The lowest BCUT2D eigenvalue weighted by molar-refractivity contribution is -0.116. The Balaban J connectivity index is 2.20. The fourth-order valence-corrected chi connectivity index (χ4v) is 2.17. The summed E-state index contributed by atoms with van der Waals surface area (Å²) < 4.78 is 5.57. The molecular weight excluding hydrogens is 260 g/mol. The van der Waals surface area contributed by atoms with Crippen molar-refractivity contribution in [2.45, 2.75) is 38.2 Å². The van der Waals surface area contributed by atoms with E-state index in [1.54, 1.807) is 6.92 Å². The summed E-state index contributed by atoms with van der Waals surface area (Å²) in [7, 11) is 0. The highest BCUT2D eigenvalue weighted by Gasteiger charge is 2.15. The fraction of sp³-hybridized carbons (Fsp3) is 0.357. The highest BCUT2D eigenvalue weighted by molar-refractivity contribution is 8.00. The summed E-state index contributed by atoms with van der Waals surface area (Å²) in [6.45, 7) is 7.48. The molecule has 5 heteroatoms. The van der Waals surface area contributed by atoms with Gasteiger partial charge in [-0.1, -0.05) is 17.8 Å². The van der Waals surface area contributed by atoms with E-state index in [1.807, 2.05) is 32.0 Å². The summed E-state index contributed by atoms with van der Waals surface area (Å²) in [5, 5.41) is 8.24. The Morgan fingerprint density at radius 3 is 2.63 bits per heavy atom. The number of Topliss-reactive ketones (excluding diaryl/α,β-unsaturated/α-hetero) is 1. The van der Waals surface area contributed by atoms with E-state index < -0.39 is 0 Å². The summed E-state index contributed by atoms with van der Waals surface area (Å²) in [4.78, 5) is 11.2. The van der Waals surface area contributed by atoms with Crippen LogP contribution < -0.4 is 0 Å². The highest BCUT2D eigenvalue weighted by Crippen LogP contribution is 2.27. The zero-order valence-corrected chi connectivity index (χ0v) is 12.2. The molecule has 0 bridgehead atoms. The largest absolute Gasteiger partial charge is 0.411 e. The van der Waals surface area contributed by atoms with Crippen molar-refractivity contribution in [2.24, 2.45) is 0 Å². The van der Waals surface area contributed by atoms with Crippen molar-refractivity contribution < 1.29 is 9.21 Å². The molecule has 0 amide bonds. The van der Waals surface area contributed by atoms with Gasteiger partial charge in [0.05, 0.1) is 5.25 Å². The van der Waals surface area contributed by atoms with E-state index in [2.05, 4.69) is 17.1 Å². The third-order valence-corrected chi connectivity index (χ3v) is 4.06. The van der Waals surface area contributed by atoms with Crippen molar-refractivity contribution in [3.05, 3.63) is 29.3 Å². The number of nitrogens with zero attached hydrogens (tertiary/aromatic N) is 2. The Morgan fingerprint density at radius 2 is 2.00 bits per heavy atom. The average Bonchev–Trinajstić information content (AvgIpc) is 2.81. The van der Waals surface area contributed by atoms with E-state index in [0.29, 0.717) is 11.1 Å². The summed E-state index contributed by atoms with van der Waals surface area (Å²) in [5.74, 6) is 0.581. The Labute approximate surface area is 116 Å². The van der Waals surface area contributed by atoms with Crippen LogP contribution in [0.1, 0.15) is 25.0 Å². The molecule has 0 fully saturated rings. The van der Waals surface area contributed by atoms with Crippen LogP contribution in [0, 0.1) is 13.8 Å². The van der Waals surface area contributed by atoms with Crippen molar-refractivity contribution in [1.82, 2.24) is 10.2 Å². The molecule has 1 atom stereocenters. The van der Waals surface area contributed by atoms with Gasteiger partial charge in [0, 0.05) is 5.56 Å². The summed E-state index contributed by atoms with van der Waals surface area (Å²) in [6, 6.07) is 6.00. The lowest BCUT2D eigenvalue weighted by Crippen LogP contribution is -2.07. The molecule has 0 saturated heterocycles. The highest BCUT2D eigenvalue weighted by atomic mass is 32.2. The van der Waals surface area contributed by atoms with E-state index in [1.165, 1.54) is 22.9 Å². The topological polar surface area (TPSA) is 56.0 Å². The van der Waals surface area contributed by atoms with Crippen molar-refractivity contribution in [3.63, 3.8) is 0 Å². The first kappa shape index (κ1) is 13.8. The number of rotatable bonds is 4. The van der Waals surface area contributed by atoms with Gasteiger partial charge in [-0.2, -0.15) is 0 Å². The zero-order valence-electron chi connectivity index (χ0n) is 11.4. The lowest BCUT2D eigenvalue weighted by Gasteiger charge is -2.02. The molecule has 0 aliphatic carbocycles. The van der Waals surface area contributed by atoms with Gasteiger partial charge in [0.25, 0.3) is 5.22 Å². The SMILES string of the molecule is CC(=O)C(C)Sc1nnc(-c2ccc(C)c(C)c2)o1. The third-order valence-electron chi connectivity index (χ3n) is 3.01. The maximum atomic E-state index is 11.2. The first-order valence-electron chi connectivity index (χ1n) is 6.05. The van der Waals surface area contributed by atoms with Crippen LogP contribution in [-0.2, 0) is 4.79 Å². The standard InChI is InChI=1S/C14H16N2O2S/c1-8-5-6-12(7-9(8)2)13-15-16-14(18-13)19-11(4)10(3)17/h5-7,11H,1-4H3. The molecule has 0 N–H and O–H groups in total. The van der Waals surface area contributed by atoms with E-state index in [0.717, 1.165) is 5.56 Å². The molecule has 2 rings (SSSR count). The van der Waals surface area contributed by atoms with Crippen LogP contribution in [0.4, 0.5) is 0 Å². The molecule has 2 aromatic rings. The Bertz CT molecular complexity index is 607. The number of hydrogen-bond acceptors (Lipinski definition) is 5. The molecule has 0 spiro atoms. The molecule has 100 valence electrons. The van der Waals surface area contributed by atoms with Crippen molar-refractivity contribution in [3.8, 4) is 11.5 Å². The molecule has 4 nitrogen and oxygen atoms in total. The number of aromatic nitrogens is 2. The zero-order chi connectivity index (χ0) is 14.0. The predicted molar refractivity (Wildman–Crippen MR) is 75.2 cm³/mol. The molecular formula is C14H16N2O2S. The van der Waals surface area contributed by atoms with Gasteiger partial charge in [0.1, 0.15) is 5.78 Å². The van der Waals surface area contributed by atoms with Gasteiger partial charge >= 0.3 is 0 Å². The van der Waals surface area contributed by atoms with E-state index in [9.17, 15) is 4.79 Å². The number of ketones is 1. The van der Waals surface area contributed by atoms with E-state index in [-0.39, 0.29) is 11.0 Å². The third kappa shape index (κ3) is 3.23. The number of thioether (sulfide) groups is 1. The van der Waals surface area contributed by atoms with E-state index >= 15 is 0 Å². The van der Waals surface area contributed by atoms with Gasteiger partial charge < -0.3 is 4.42 Å². The monoisotopic (exact) mass is 276 g/mol. The summed E-state index contributed by atoms with van der Waals surface area (Å²) in [5.41, 5.74) is 3.31. The fourth-order valence-electron chi connectivity index (χ4n) is 1.48. The predicted octanol–water partition coefficient (Wildman–Crippen LogP) is 3.42. The second-order valence-corrected chi connectivity index (χ2v) is 5.83. The number of carbonyl (C=O) groups is 1. The van der Waals surface area contributed by atoms with Crippen LogP contribution >= 0.6 is 11.8 Å². The number of hydrogen-bond donors (Lipinski definition) is 0. The maximum Gasteiger partial charge on any atom is 0.277 e. The number of benzene rings is 1. The van der Waals surface area contributed by atoms with Gasteiger partial charge in [-0.25, -0.2) is 0 Å².